The monoisotopic (exact) mass is 544 g/mol. The number of primary amides is 1. The average molecular weight is 545 g/mol. The summed E-state index contributed by atoms with van der Waals surface area (Å²) in [5.41, 5.74) is 7.30. The van der Waals surface area contributed by atoms with E-state index >= 15 is 0 Å². The van der Waals surface area contributed by atoms with Gasteiger partial charge in [-0.15, -0.1) is 0 Å². The van der Waals surface area contributed by atoms with Crippen LogP contribution < -0.4 is 5.73 Å². The number of halogens is 3. The Hall–Kier alpha value is -3.07. The molecule has 2 N–H and O–H groups in total. The SMILES string of the molecule is CC(c1cc(F)ccc1C1CCN(C(=O)[C@@H]2CN(C(C)(C)C)C[C@H]2c2ccc(F)cc2F)CC1)N(C)C(N)=O. The normalized spacial score (nSPS) is 21.7. The molecular weight excluding hydrogens is 505 g/mol. The second-order valence-electron chi connectivity index (χ2n) is 12.0. The van der Waals surface area contributed by atoms with E-state index in [-0.39, 0.29) is 29.1 Å². The Morgan fingerprint density at radius 2 is 1.56 bits per heavy atom. The summed E-state index contributed by atoms with van der Waals surface area (Å²) >= 11 is 0. The molecular formula is C30H39F3N4O2. The van der Waals surface area contributed by atoms with Crippen LogP contribution in [0.2, 0.25) is 0 Å². The van der Waals surface area contributed by atoms with Gasteiger partial charge in [-0.2, -0.15) is 0 Å². The lowest BCUT2D eigenvalue weighted by molar-refractivity contribution is -0.136. The van der Waals surface area contributed by atoms with Gasteiger partial charge in [0.15, 0.2) is 0 Å². The second kappa shape index (κ2) is 11.2. The number of amides is 3. The van der Waals surface area contributed by atoms with Crippen LogP contribution in [0.1, 0.15) is 75.1 Å². The van der Waals surface area contributed by atoms with E-state index < -0.39 is 29.6 Å². The third-order valence-corrected chi connectivity index (χ3v) is 8.62. The van der Waals surface area contributed by atoms with Gasteiger partial charge in [0.05, 0.1) is 12.0 Å². The summed E-state index contributed by atoms with van der Waals surface area (Å²) < 4.78 is 42.7. The lowest BCUT2D eigenvalue weighted by Crippen LogP contribution is -2.44. The number of carbonyl (C=O) groups excluding carboxylic acids is 2. The minimum atomic E-state index is -0.636. The van der Waals surface area contributed by atoms with E-state index in [9.17, 15) is 22.8 Å². The van der Waals surface area contributed by atoms with E-state index in [1.807, 2.05) is 11.8 Å². The Morgan fingerprint density at radius 3 is 2.13 bits per heavy atom. The van der Waals surface area contributed by atoms with Gasteiger partial charge >= 0.3 is 6.03 Å². The molecule has 39 heavy (non-hydrogen) atoms. The number of urea groups is 1. The molecule has 1 unspecified atom stereocenters. The largest absolute Gasteiger partial charge is 0.351 e. The number of nitrogens with zero attached hydrogens (tertiary/aromatic N) is 3. The Morgan fingerprint density at radius 1 is 0.974 bits per heavy atom. The van der Waals surface area contributed by atoms with Crippen molar-refractivity contribution in [3.05, 3.63) is 70.5 Å². The minimum absolute atomic E-state index is 0.0184. The van der Waals surface area contributed by atoms with Crippen molar-refractivity contribution in [1.82, 2.24) is 14.7 Å². The van der Waals surface area contributed by atoms with Gasteiger partial charge in [0, 0.05) is 50.7 Å². The first kappa shape index (κ1) is 28.9. The van der Waals surface area contributed by atoms with Crippen molar-refractivity contribution < 1.29 is 22.8 Å². The highest BCUT2D eigenvalue weighted by molar-refractivity contribution is 5.81. The van der Waals surface area contributed by atoms with Crippen molar-refractivity contribution in [3.63, 3.8) is 0 Å². The molecule has 2 fully saturated rings. The van der Waals surface area contributed by atoms with Crippen molar-refractivity contribution in [1.29, 1.82) is 0 Å². The molecule has 2 aliphatic rings. The number of hydrogen-bond donors (Lipinski definition) is 1. The van der Waals surface area contributed by atoms with Gasteiger partial charge in [-0.25, -0.2) is 18.0 Å². The molecule has 0 saturated carbocycles. The van der Waals surface area contributed by atoms with Crippen LogP contribution in [-0.4, -0.2) is 65.4 Å². The molecule has 0 aromatic heterocycles. The summed E-state index contributed by atoms with van der Waals surface area (Å²) in [5.74, 6) is -2.37. The van der Waals surface area contributed by atoms with Crippen molar-refractivity contribution in [2.75, 3.05) is 33.2 Å². The van der Waals surface area contributed by atoms with Crippen molar-refractivity contribution >= 4 is 11.9 Å². The maximum Gasteiger partial charge on any atom is 0.315 e. The number of benzene rings is 2. The van der Waals surface area contributed by atoms with Crippen LogP contribution in [0, 0.1) is 23.4 Å². The molecule has 4 rings (SSSR count). The Labute approximate surface area is 228 Å². The highest BCUT2D eigenvalue weighted by Gasteiger charge is 2.44. The van der Waals surface area contributed by atoms with Gasteiger partial charge in [-0.3, -0.25) is 9.69 Å². The van der Waals surface area contributed by atoms with Gasteiger partial charge < -0.3 is 15.5 Å². The van der Waals surface area contributed by atoms with Crippen LogP contribution in [0.4, 0.5) is 18.0 Å². The van der Waals surface area contributed by atoms with Gasteiger partial charge in [0.1, 0.15) is 17.5 Å². The zero-order chi connectivity index (χ0) is 28.6. The molecule has 0 radical (unpaired) electrons. The van der Waals surface area contributed by atoms with Crippen molar-refractivity contribution in [2.24, 2.45) is 11.7 Å². The molecule has 2 heterocycles. The molecule has 2 aromatic carbocycles. The van der Waals surface area contributed by atoms with Gasteiger partial charge in [-0.1, -0.05) is 12.1 Å². The zero-order valence-electron chi connectivity index (χ0n) is 23.4. The predicted molar refractivity (Wildman–Crippen MR) is 145 cm³/mol. The van der Waals surface area contributed by atoms with Gasteiger partial charge in [0.25, 0.3) is 0 Å². The summed E-state index contributed by atoms with van der Waals surface area (Å²) in [6, 6.07) is 7.26. The number of hydrogen-bond acceptors (Lipinski definition) is 3. The lowest BCUT2D eigenvalue weighted by Gasteiger charge is -2.36. The standard InChI is InChI=1S/C30H39F3N4O2/c1-18(35(5)29(34)39)24-14-20(31)6-8-22(24)19-10-12-36(13-11-19)28(38)26-17-37(30(2,3)4)16-25(26)23-9-7-21(32)15-27(23)33/h6-9,14-15,18-19,25-26H,10-13,16-17H2,1-5H3,(H2,34,39)/t18?,25-,26+/m0/s1. The smallest absolute Gasteiger partial charge is 0.315 e. The Balaban J connectivity index is 1.52. The zero-order valence-corrected chi connectivity index (χ0v) is 23.4. The summed E-state index contributed by atoms with van der Waals surface area (Å²) in [7, 11) is 1.59. The summed E-state index contributed by atoms with van der Waals surface area (Å²) in [6.07, 6.45) is 1.37. The minimum Gasteiger partial charge on any atom is -0.351 e. The number of piperidine rings is 1. The third kappa shape index (κ3) is 6.08. The van der Waals surface area contributed by atoms with Crippen LogP contribution in [0.5, 0.6) is 0 Å². The number of nitrogens with two attached hydrogens (primary N) is 1. The summed E-state index contributed by atoms with van der Waals surface area (Å²) in [6.45, 7) is 10.1. The Kier molecular flexibility index (Phi) is 8.30. The second-order valence-corrected chi connectivity index (χ2v) is 12.0. The number of carbonyl (C=O) groups is 2. The fourth-order valence-electron chi connectivity index (χ4n) is 6.04. The number of rotatable bonds is 5. The molecule has 0 aliphatic carbocycles. The van der Waals surface area contributed by atoms with Crippen LogP contribution >= 0.6 is 0 Å². The highest BCUT2D eigenvalue weighted by Crippen LogP contribution is 2.40. The Bertz CT molecular complexity index is 1220. The molecule has 3 atom stereocenters. The molecule has 9 heteroatoms. The van der Waals surface area contributed by atoms with Crippen molar-refractivity contribution in [3.8, 4) is 0 Å². The molecule has 3 amide bonds. The van der Waals surface area contributed by atoms with E-state index in [2.05, 4.69) is 25.7 Å². The van der Waals surface area contributed by atoms with Crippen LogP contribution in [0.15, 0.2) is 36.4 Å². The summed E-state index contributed by atoms with van der Waals surface area (Å²) in [4.78, 5) is 31.0. The predicted octanol–water partition coefficient (Wildman–Crippen LogP) is 5.40. The third-order valence-electron chi connectivity index (χ3n) is 8.62. The first-order chi connectivity index (χ1) is 18.3. The van der Waals surface area contributed by atoms with Crippen LogP contribution in [-0.2, 0) is 4.79 Å². The van der Waals surface area contributed by atoms with Gasteiger partial charge in [-0.05, 0) is 81.3 Å². The average Bonchev–Trinajstić information content (AvgIpc) is 3.33. The molecule has 6 nitrogen and oxygen atoms in total. The molecule has 0 spiro atoms. The van der Waals surface area contributed by atoms with Crippen LogP contribution in [0.3, 0.4) is 0 Å². The maximum atomic E-state index is 14.8. The van der Waals surface area contributed by atoms with E-state index in [0.717, 1.165) is 11.6 Å². The lowest BCUT2D eigenvalue weighted by atomic mass is 9.83. The fourth-order valence-corrected chi connectivity index (χ4v) is 6.04. The highest BCUT2D eigenvalue weighted by atomic mass is 19.1. The number of likely N-dealkylation sites (tertiary alicyclic amines) is 2. The molecule has 2 saturated heterocycles. The van der Waals surface area contributed by atoms with E-state index in [1.54, 1.807) is 13.1 Å². The first-order valence-electron chi connectivity index (χ1n) is 13.6. The molecule has 2 aromatic rings. The van der Waals surface area contributed by atoms with E-state index in [1.165, 1.54) is 29.2 Å². The van der Waals surface area contributed by atoms with Crippen molar-refractivity contribution in [2.45, 2.75) is 64.0 Å². The molecule has 2 aliphatic heterocycles. The van der Waals surface area contributed by atoms with Gasteiger partial charge in [0.2, 0.25) is 5.91 Å². The van der Waals surface area contributed by atoms with E-state index in [0.29, 0.717) is 50.1 Å². The van der Waals surface area contributed by atoms with E-state index in [4.69, 9.17) is 5.73 Å². The summed E-state index contributed by atoms with van der Waals surface area (Å²) in [5, 5.41) is 0. The quantitative estimate of drug-likeness (QED) is 0.548. The first-order valence-corrected chi connectivity index (χ1v) is 13.6. The molecule has 212 valence electrons. The van der Waals surface area contributed by atoms with Crippen LogP contribution in [0.25, 0.3) is 0 Å². The molecule has 0 bridgehead atoms. The fraction of sp³-hybridized carbons (Fsp3) is 0.533. The topological polar surface area (TPSA) is 69.9 Å². The maximum absolute atomic E-state index is 14.8.